The van der Waals surface area contributed by atoms with Crippen LogP contribution in [-0.4, -0.2) is 69.7 Å². The van der Waals surface area contributed by atoms with E-state index in [2.05, 4.69) is 10.6 Å². The molecule has 0 bridgehead atoms. The number of nitrogens with zero attached hydrogens (tertiary/aromatic N) is 1. The third-order valence-corrected chi connectivity index (χ3v) is 5.36. The summed E-state index contributed by atoms with van der Waals surface area (Å²) in [6.45, 7) is 5.41. The number of alkyl carbamates (subject to hydrolysis) is 1. The Morgan fingerprint density at radius 3 is 2.64 bits per heavy atom. The van der Waals surface area contributed by atoms with Crippen LogP contribution in [0.2, 0.25) is 0 Å². The number of carboxylic acids is 1. The van der Waals surface area contributed by atoms with Gasteiger partial charge >= 0.3 is 12.1 Å². The minimum absolute atomic E-state index is 0.136. The Kier molecular flexibility index (Phi) is 6.10. The molecule has 1 saturated heterocycles. The Bertz CT molecular complexity index is 604. The normalized spacial score (nSPS) is 22.6. The van der Waals surface area contributed by atoms with Crippen molar-refractivity contribution in [3.05, 3.63) is 11.3 Å². The lowest BCUT2D eigenvalue weighted by molar-refractivity contribution is -0.135. The average Bonchev–Trinajstić information content (AvgIpc) is 2.47. The number of amides is 2. The second kappa shape index (κ2) is 7.74. The molecule has 2 amide bonds. The van der Waals surface area contributed by atoms with E-state index < -0.39 is 17.7 Å². The maximum absolute atomic E-state index is 12.0. The van der Waals surface area contributed by atoms with E-state index in [0.717, 1.165) is 0 Å². The van der Waals surface area contributed by atoms with Gasteiger partial charge in [-0.15, -0.1) is 23.4 Å². The number of rotatable bonds is 5. The van der Waals surface area contributed by atoms with Crippen LogP contribution in [0.25, 0.3) is 0 Å². The van der Waals surface area contributed by atoms with Crippen LogP contribution in [0.5, 0.6) is 0 Å². The monoisotopic (exact) mass is 391 g/mol. The number of alkyl halides is 1. The van der Waals surface area contributed by atoms with Gasteiger partial charge in [0.05, 0.1) is 11.4 Å². The Hall–Kier alpha value is -1.61. The van der Waals surface area contributed by atoms with Crippen molar-refractivity contribution in [2.24, 2.45) is 0 Å². The highest BCUT2D eigenvalue weighted by atomic mass is 35.5. The molecule has 10 heteroatoms. The zero-order chi connectivity index (χ0) is 18.8. The largest absolute Gasteiger partial charge is 0.477 e. The van der Waals surface area contributed by atoms with E-state index in [0.29, 0.717) is 17.9 Å². The number of thioether (sulfide) groups is 1. The van der Waals surface area contributed by atoms with E-state index in [1.165, 1.54) is 0 Å². The molecule has 0 radical (unpaired) electrons. The molecule has 2 unspecified atom stereocenters. The zero-order valence-electron chi connectivity index (χ0n) is 14.3. The first kappa shape index (κ1) is 19.7. The fourth-order valence-corrected chi connectivity index (χ4v) is 4.29. The van der Waals surface area contributed by atoms with Gasteiger partial charge in [0.2, 0.25) is 5.91 Å². The molecule has 0 aliphatic carbocycles. The van der Waals surface area contributed by atoms with Crippen molar-refractivity contribution in [1.82, 2.24) is 15.5 Å². The first-order chi connectivity index (χ1) is 11.6. The van der Waals surface area contributed by atoms with E-state index in [-0.39, 0.29) is 35.4 Å². The van der Waals surface area contributed by atoms with E-state index in [9.17, 15) is 19.5 Å². The minimum atomic E-state index is -1.00. The Morgan fingerprint density at radius 1 is 1.40 bits per heavy atom. The Balaban J connectivity index is 1.83. The van der Waals surface area contributed by atoms with Crippen molar-refractivity contribution < 1.29 is 24.2 Å². The summed E-state index contributed by atoms with van der Waals surface area (Å²) in [5.41, 5.74) is 0.288. The highest BCUT2D eigenvalue weighted by Crippen LogP contribution is 2.39. The van der Waals surface area contributed by atoms with Gasteiger partial charge in [0.15, 0.2) is 0 Å². The molecule has 0 saturated carbocycles. The zero-order valence-corrected chi connectivity index (χ0v) is 15.9. The highest BCUT2D eigenvalue weighted by Gasteiger charge is 2.46. The molecule has 140 valence electrons. The van der Waals surface area contributed by atoms with Crippen LogP contribution < -0.4 is 10.6 Å². The van der Waals surface area contributed by atoms with Crippen molar-refractivity contribution in [2.45, 2.75) is 37.8 Å². The molecular formula is C15H22ClN3O5S. The van der Waals surface area contributed by atoms with Gasteiger partial charge in [-0.2, -0.15) is 0 Å². The molecule has 8 nitrogen and oxygen atoms in total. The molecular weight excluding hydrogens is 370 g/mol. The van der Waals surface area contributed by atoms with Crippen LogP contribution in [0, 0.1) is 0 Å². The molecule has 2 rings (SSSR count). The molecule has 2 atom stereocenters. The molecule has 2 aliphatic rings. The van der Waals surface area contributed by atoms with Gasteiger partial charge in [0.1, 0.15) is 17.8 Å². The van der Waals surface area contributed by atoms with Crippen molar-refractivity contribution >= 4 is 41.3 Å². The topological polar surface area (TPSA) is 108 Å². The maximum Gasteiger partial charge on any atom is 0.408 e. The molecule has 1 fully saturated rings. The van der Waals surface area contributed by atoms with E-state index in [4.69, 9.17) is 16.3 Å². The number of ether oxygens (including phenoxy) is 1. The predicted octanol–water partition coefficient (Wildman–Crippen LogP) is 0.962. The van der Waals surface area contributed by atoms with Gasteiger partial charge < -0.3 is 25.4 Å². The summed E-state index contributed by atoms with van der Waals surface area (Å²) in [6, 6.07) is -0.177. The maximum atomic E-state index is 12.0. The van der Waals surface area contributed by atoms with Crippen LogP contribution >= 0.6 is 23.4 Å². The van der Waals surface area contributed by atoms with Crippen LogP contribution in [0.4, 0.5) is 4.79 Å². The lowest BCUT2D eigenvalue weighted by Gasteiger charge is -2.51. The minimum Gasteiger partial charge on any atom is -0.477 e. The summed E-state index contributed by atoms with van der Waals surface area (Å²) in [6.07, 6.45) is -0.659. The van der Waals surface area contributed by atoms with Crippen LogP contribution in [-0.2, 0) is 14.3 Å². The molecule has 2 aliphatic heterocycles. The summed E-state index contributed by atoms with van der Waals surface area (Å²) in [4.78, 5) is 36.7. The van der Waals surface area contributed by atoms with Gasteiger partial charge in [0, 0.05) is 18.2 Å². The number of halogens is 1. The molecule has 0 aromatic rings. The number of carbonyl (C=O) groups is 3. The molecule has 0 aromatic heterocycles. The fourth-order valence-electron chi connectivity index (χ4n) is 2.58. The lowest BCUT2D eigenvalue weighted by atomic mass is 10.0. The van der Waals surface area contributed by atoms with Crippen LogP contribution in [0.3, 0.4) is 0 Å². The number of carbonyl (C=O) groups excluding carboxylic acids is 2. The Morgan fingerprint density at radius 2 is 2.08 bits per heavy atom. The van der Waals surface area contributed by atoms with Crippen molar-refractivity contribution in [3.63, 3.8) is 0 Å². The summed E-state index contributed by atoms with van der Waals surface area (Å²) >= 11 is 7.35. The van der Waals surface area contributed by atoms with Crippen molar-refractivity contribution in [3.8, 4) is 0 Å². The smallest absolute Gasteiger partial charge is 0.408 e. The Labute approximate surface area is 155 Å². The highest BCUT2D eigenvalue weighted by molar-refractivity contribution is 8.00. The van der Waals surface area contributed by atoms with E-state index >= 15 is 0 Å². The molecule has 0 spiro atoms. The lowest BCUT2D eigenvalue weighted by Crippen LogP contribution is -2.67. The average molecular weight is 392 g/mol. The standard InChI is InChI=1S/C15H22ClN3O5S/c1-15(2,3)24-14(23)17-5-10(20)18-9-6-19-11(13(21)22)8(4-16)7-25-12(9)19/h9,12H,4-7H2,1-3H3,(H,17,23)(H,18,20)(H,21,22). The summed E-state index contributed by atoms with van der Waals surface area (Å²) in [5.74, 6) is -0.652. The quantitative estimate of drug-likeness (QED) is 0.599. The number of fused-ring (bicyclic) bond motifs is 1. The van der Waals surface area contributed by atoms with Crippen LogP contribution in [0.1, 0.15) is 20.8 Å². The van der Waals surface area contributed by atoms with Gasteiger partial charge in [-0.1, -0.05) is 0 Å². The number of hydrogen-bond acceptors (Lipinski definition) is 6. The molecule has 3 N–H and O–H groups in total. The van der Waals surface area contributed by atoms with Gasteiger partial charge in [-0.05, 0) is 26.3 Å². The number of aliphatic carboxylic acids is 1. The van der Waals surface area contributed by atoms with Crippen molar-refractivity contribution in [1.29, 1.82) is 0 Å². The third-order valence-electron chi connectivity index (χ3n) is 3.60. The predicted molar refractivity (Wildman–Crippen MR) is 94.5 cm³/mol. The number of hydrogen-bond donors (Lipinski definition) is 3. The summed E-state index contributed by atoms with van der Waals surface area (Å²) < 4.78 is 5.06. The van der Waals surface area contributed by atoms with E-state index in [1.807, 2.05) is 0 Å². The first-order valence-electron chi connectivity index (χ1n) is 7.78. The second-order valence-electron chi connectivity index (χ2n) is 6.77. The SMILES string of the molecule is CC(C)(C)OC(=O)NCC(=O)NC1CN2C(C(=O)O)=C(CCl)CSC12. The fraction of sp³-hybridized carbons (Fsp3) is 0.667. The molecule has 2 heterocycles. The van der Waals surface area contributed by atoms with Crippen molar-refractivity contribution in [2.75, 3.05) is 24.7 Å². The van der Waals surface area contributed by atoms with E-state index in [1.54, 1.807) is 37.4 Å². The second-order valence-corrected chi connectivity index (χ2v) is 8.15. The van der Waals surface area contributed by atoms with Gasteiger partial charge in [-0.3, -0.25) is 4.79 Å². The van der Waals surface area contributed by atoms with Gasteiger partial charge in [0.25, 0.3) is 0 Å². The first-order valence-corrected chi connectivity index (χ1v) is 9.36. The van der Waals surface area contributed by atoms with Gasteiger partial charge in [-0.25, -0.2) is 9.59 Å². The number of carboxylic acid groups (broad SMARTS) is 1. The summed E-state index contributed by atoms with van der Waals surface area (Å²) in [5, 5.41) is 14.4. The number of nitrogens with one attached hydrogen (secondary N) is 2. The van der Waals surface area contributed by atoms with Crippen LogP contribution in [0.15, 0.2) is 11.3 Å². The summed E-state index contributed by atoms with van der Waals surface area (Å²) in [7, 11) is 0. The molecule has 25 heavy (non-hydrogen) atoms. The molecule has 0 aromatic carbocycles. The third kappa shape index (κ3) is 4.94.